The van der Waals surface area contributed by atoms with Crippen LogP contribution in [0.2, 0.25) is 0 Å². The summed E-state index contributed by atoms with van der Waals surface area (Å²) >= 11 is 0. The lowest BCUT2D eigenvalue weighted by atomic mass is 9.86. The van der Waals surface area contributed by atoms with E-state index in [1.54, 1.807) is 0 Å². The maximum absolute atomic E-state index is 12.4. The van der Waals surface area contributed by atoms with E-state index in [1.165, 1.54) is 7.11 Å². The summed E-state index contributed by atoms with van der Waals surface area (Å²) in [6, 6.07) is 2.67. The van der Waals surface area contributed by atoms with Gasteiger partial charge in [-0.25, -0.2) is 9.59 Å². The molecule has 2 heterocycles. The first-order chi connectivity index (χ1) is 16.0. The molecule has 5 atom stereocenters. The zero-order chi connectivity index (χ0) is 24.9. The Bertz CT molecular complexity index is 1140. The number of fused-ring (bicyclic) bond motifs is 3. The van der Waals surface area contributed by atoms with E-state index in [-0.39, 0.29) is 22.4 Å². The smallest absolute Gasteiger partial charge is 0.339 e. The highest BCUT2D eigenvalue weighted by Crippen LogP contribution is 2.50. The molecule has 34 heavy (non-hydrogen) atoms. The van der Waals surface area contributed by atoms with Gasteiger partial charge in [-0.2, -0.15) is 0 Å². The second-order valence-electron chi connectivity index (χ2n) is 7.65. The Balaban J connectivity index is 1.60. The Hall–Kier alpha value is -3.94. The lowest BCUT2D eigenvalue weighted by Gasteiger charge is -2.44. The van der Waals surface area contributed by atoms with Crippen LogP contribution in [-0.4, -0.2) is 85.8 Å². The Kier molecular flexibility index (Phi) is 5.77. The minimum Gasteiger partial charge on any atom is -0.504 e. The van der Waals surface area contributed by atoms with Gasteiger partial charge in [0.1, 0.15) is 31.0 Å². The van der Waals surface area contributed by atoms with Gasteiger partial charge < -0.3 is 54.7 Å². The molecule has 2 aliphatic heterocycles. The Labute approximate surface area is 190 Å². The number of phenolic OH excluding ortho intramolecular Hbond substituents is 5. The van der Waals surface area contributed by atoms with E-state index in [0.29, 0.717) is 0 Å². The standard InChI is InChI=1S/C21H20O13/c1-31-17-10(24)4-7-12(15(17)27)18-19(34-21(7)30)16(28)14(26)11(33-18)5-32-20(29)6-2-8(22)13(25)9(23)3-6/h2-4,11,14,16,18-19,22-28H,5H2,1H3/t11-,14-,16+,18-,19+/m1/s1. The third kappa shape index (κ3) is 3.65. The fourth-order valence-corrected chi connectivity index (χ4v) is 3.90. The summed E-state index contributed by atoms with van der Waals surface area (Å²) in [6.07, 6.45) is -7.53. The van der Waals surface area contributed by atoms with Crippen LogP contribution in [0.3, 0.4) is 0 Å². The number of hydrogen-bond donors (Lipinski definition) is 7. The molecule has 7 N–H and O–H groups in total. The topological polar surface area (TPSA) is 213 Å². The molecule has 1 fully saturated rings. The highest BCUT2D eigenvalue weighted by molar-refractivity contribution is 5.95. The molecule has 2 aromatic rings. The molecule has 0 spiro atoms. The predicted molar refractivity (Wildman–Crippen MR) is 107 cm³/mol. The molecule has 0 unspecified atom stereocenters. The predicted octanol–water partition coefficient (Wildman–Crippen LogP) is -0.219. The van der Waals surface area contributed by atoms with Crippen molar-refractivity contribution in [1.29, 1.82) is 0 Å². The van der Waals surface area contributed by atoms with Crippen molar-refractivity contribution in [3.8, 4) is 34.5 Å². The second kappa shape index (κ2) is 8.44. The van der Waals surface area contributed by atoms with Crippen molar-refractivity contribution >= 4 is 11.9 Å². The molecule has 0 aromatic heterocycles. The number of methoxy groups -OCH3 is 1. The number of benzene rings is 2. The molecular formula is C21H20O13. The zero-order valence-electron chi connectivity index (χ0n) is 17.4. The SMILES string of the molecule is COc1c(O)cc2c(c1O)[C@H]1O[C@H](COC(=O)c3cc(O)c(O)c(O)c3)[C@@H](O)[C@H](O)[C@@H]1OC2=O. The Morgan fingerprint density at radius 1 is 0.971 bits per heavy atom. The van der Waals surface area contributed by atoms with Gasteiger partial charge in [-0.05, 0) is 18.2 Å². The number of aromatic hydroxyl groups is 5. The summed E-state index contributed by atoms with van der Waals surface area (Å²) in [5.74, 6) is -5.97. The summed E-state index contributed by atoms with van der Waals surface area (Å²) in [4.78, 5) is 24.7. The van der Waals surface area contributed by atoms with E-state index >= 15 is 0 Å². The maximum Gasteiger partial charge on any atom is 0.339 e. The minimum absolute atomic E-state index is 0.161. The Morgan fingerprint density at radius 3 is 2.24 bits per heavy atom. The molecule has 4 rings (SSSR count). The van der Waals surface area contributed by atoms with Crippen molar-refractivity contribution in [2.75, 3.05) is 13.7 Å². The highest BCUT2D eigenvalue weighted by atomic mass is 16.6. The van der Waals surface area contributed by atoms with E-state index in [0.717, 1.165) is 18.2 Å². The molecule has 13 heteroatoms. The number of esters is 2. The van der Waals surface area contributed by atoms with Crippen molar-refractivity contribution in [1.82, 2.24) is 0 Å². The van der Waals surface area contributed by atoms with Crippen LogP contribution in [0.25, 0.3) is 0 Å². The molecule has 0 aliphatic carbocycles. The first-order valence-corrected chi connectivity index (χ1v) is 9.82. The van der Waals surface area contributed by atoms with Crippen molar-refractivity contribution in [2.24, 2.45) is 0 Å². The van der Waals surface area contributed by atoms with Gasteiger partial charge >= 0.3 is 11.9 Å². The first kappa shape index (κ1) is 23.2. The third-order valence-electron chi connectivity index (χ3n) is 5.60. The summed E-state index contributed by atoms with van der Waals surface area (Å²) in [5, 5.41) is 70.0. The van der Waals surface area contributed by atoms with Crippen LogP contribution in [0.4, 0.5) is 0 Å². The molecule has 13 nitrogen and oxygen atoms in total. The average Bonchev–Trinajstić information content (AvgIpc) is 2.79. The van der Waals surface area contributed by atoms with Crippen LogP contribution in [0.5, 0.6) is 34.5 Å². The van der Waals surface area contributed by atoms with Gasteiger partial charge in [0.25, 0.3) is 0 Å². The van der Waals surface area contributed by atoms with Gasteiger partial charge in [-0.1, -0.05) is 0 Å². The number of carbonyl (C=O) groups is 2. The third-order valence-corrected chi connectivity index (χ3v) is 5.60. The summed E-state index contributed by atoms with van der Waals surface area (Å²) < 4.78 is 20.8. The van der Waals surface area contributed by atoms with E-state index in [9.17, 15) is 45.3 Å². The van der Waals surface area contributed by atoms with E-state index in [1.807, 2.05) is 0 Å². The Morgan fingerprint density at radius 2 is 1.62 bits per heavy atom. The van der Waals surface area contributed by atoms with E-state index < -0.39 is 77.8 Å². The monoisotopic (exact) mass is 480 g/mol. The van der Waals surface area contributed by atoms with Gasteiger partial charge in [0, 0.05) is 5.56 Å². The summed E-state index contributed by atoms with van der Waals surface area (Å²) in [5.41, 5.74) is -0.746. The van der Waals surface area contributed by atoms with Gasteiger partial charge in [0.2, 0.25) is 5.75 Å². The van der Waals surface area contributed by atoms with Crippen LogP contribution in [0.15, 0.2) is 18.2 Å². The number of aliphatic hydroxyl groups excluding tert-OH is 2. The largest absolute Gasteiger partial charge is 0.504 e. The molecule has 2 aliphatic rings. The van der Waals surface area contributed by atoms with Gasteiger partial charge in [0.15, 0.2) is 34.9 Å². The lowest BCUT2D eigenvalue weighted by Crippen LogP contribution is -2.58. The first-order valence-electron chi connectivity index (χ1n) is 9.82. The zero-order valence-corrected chi connectivity index (χ0v) is 17.4. The van der Waals surface area contributed by atoms with Crippen LogP contribution in [0, 0.1) is 0 Å². The highest BCUT2D eigenvalue weighted by Gasteiger charge is 2.52. The van der Waals surface area contributed by atoms with E-state index in [4.69, 9.17) is 18.9 Å². The number of phenols is 5. The number of aliphatic hydroxyl groups is 2. The fraction of sp³-hybridized carbons (Fsp3) is 0.333. The summed E-state index contributed by atoms with van der Waals surface area (Å²) in [7, 11) is 1.17. The molecule has 0 bridgehead atoms. The van der Waals surface area contributed by atoms with Crippen molar-refractivity contribution < 1.29 is 64.3 Å². The van der Waals surface area contributed by atoms with Crippen LogP contribution >= 0.6 is 0 Å². The van der Waals surface area contributed by atoms with E-state index in [2.05, 4.69) is 0 Å². The molecular weight excluding hydrogens is 460 g/mol. The van der Waals surface area contributed by atoms with Crippen LogP contribution < -0.4 is 4.74 Å². The molecule has 2 aromatic carbocycles. The molecule has 182 valence electrons. The quantitative estimate of drug-likeness (QED) is 0.223. The normalized spacial score (nSPS) is 25.6. The van der Waals surface area contributed by atoms with Gasteiger partial charge in [-0.3, -0.25) is 0 Å². The van der Waals surface area contributed by atoms with Crippen LogP contribution in [0.1, 0.15) is 32.4 Å². The summed E-state index contributed by atoms with van der Waals surface area (Å²) in [6.45, 7) is -0.637. The minimum atomic E-state index is -1.71. The van der Waals surface area contributed by atoms with Crippen molar-refractivity contribution in [3.05, 3.63) is 34.9 Å². The maximum atomic E-state index is 12.4. The second-order valence-corrected chi connectivity index (χ2v) is 7.65. The molecule has 1 saturated heterocycles. The lowest BCUT2D eigenvalue weighted by molar-refractivity contribution is -0.235. The number of rotatable bonds is 4. The average molecular weight is 480 g/mol. The number of ether oxygens (including phenoxy) is 4. The van der Waals surface area contributed by atoms with Crippen molar-refractivity contribution in [3.63, 3.8) is 0 Å². The fourth-order valence-electron chi connectivity index (χ4n) is 3.90. The van der Waals surface area contributed by atoms with Gasteiger partial charge in [-0.15, -0.1) is 0 Å². The van der Waals surface area contributed by atoms with Gasteiger partial charge in [0.05, 0.1) is 18.2 Å². The molecule has 0 amide bonds. The number of carbonyl (C=O) groups excluding carboxylic acids is 2. The molecule has 0 radical (unpaired) electrons. The van der Waals surface area contributed by atoms with Crippen molar-refractivity contribution in [2.45, 2.75) is 30.5 Å². The van der Waals surface area contributed by atoms with Crippen LogP contribution in [-0.2, 0) is 14.2 Å². The molecule has 0 saturated carbocycles. The number of hydrogen-bond acceptors (Lipinski definition) is 13.